The third kappa shape index (κ3) is 2.94. The Morgan fingerprint density at radius 2 is 2.29 bits per heavy atom. The molecule has 1 aromatic carbocycles. The molecular weight excluding hydrogens is 234 g/mol. The Morgan fingerprint density at radius 1 is 1.47 bits per heavy atom. The minimum absolute atomic E-state index is 0.0112. The second-order valence-electron chi connectivity index (χ2n) is 3.80. The van der Waals surface area contributed by atoms with Gasteiger partial charge in [0.05, 0.1) is 16.8 Å². The van der Waals surface area contributed by atoms with Gasteiger partial charge in [-0.2, -0.15) is 0 Å². The molecule has 2 aromatic rings. The number of amides is 1. The number of thiazole rings is 1. The number of nitrogens with one attached hydrogen (secondary N) is 2. The lowest BCUT2D eigenvalue weighted by atomic mass is 10.2. The summed E-state index contributed by atoms with van der Waals surface area (Å²) < 4.78 is 1.13. The molecule has 0 saturated heterocycles. The first-order chi connectivity index (χ1) is 8.19. The van der Waals surface area contributed by atoms with Crippen molar-refractivity contribution in [2.75, 3.05) is 18.4 Å². The number of benzene rings is 1. The second-order valence-corrected chi connectivity index (χ2v) is 4.83. The standard InChI is InChI=1S/C12H15N3OS/c1-3-13-11(16)7-14-12-15-9-6-8(2)4-5-10(9)17-12/h4-6H,3,7H2,1-2H3,(H,13,16)(H,14,15). The summed E-state index contributed by atoms with van der Waals surface area (Å²) in [5, 5.41) is 6.56. The number of likely N-dealkylation sites (N-methyl/N-ethyl adjacent to an activating group) is 1. The molecule has 0 fully saturated rings. The molecule has 2 rings (SSSR count). The largest absolute Gasteiger partial charge is 0.355 e. The van der Waals surface area contributed by atoms with Gasteiger partial charge in [0.1, 0.15) is 0 Å². The van der Waals surface area contributed by atoms with E-state index in [0.717, 1.165) is 15.3 Å². The molecule has 0 saturated carbocycles. The third-order valence-electron chi connectivity index (χ3n) is 2.32. The molecular formula is C12H15N3OS. The van der Waals surface area contributed by atoms with Crippen LogP contribution < -0.4 is 10.6 Å². The Kier molecular flexibility index (Phi) is 3.58. The minimum atomic E-state index is -0.0112. The van der Waals surface area contributed by atoms with Crippen LogP contribution in [0.2, 0.25) is 0 Å². The van der Waals surface area contributed by atoms with E-state index >= 15 is 0 Å². The van der Waals surface area contributed by atoms with Gasteiger partial charge in [0.2, 0.25) is 5.91 Å². The number of rotatable bonds is 4. The van der Waals surface area contributed by atoms with Crippen molar-refractivity contribution >= 4 is 32.6 Å². The SMILES string of the molecule is CCNC(=O)CNc1nc2cc(C)ccc2s1. The van der Waals surface area contributed by atoms with Crippen molar-refractivity contribution in [3.63, 3.8) is 0 Å². The quantitative estimate of drug-likeness (QED) is 0.873. The number of fused-ring (bicyclic) bond motifs is 1. The van der Waals surface area contributed by atoms with Crippen LogP contribution >= 0.6 is 11.3 Å². The first kappa shape index (κ1) is 11.9. The van der Waals surface area contributed by atoms with E-state index in [2.05, 4.69) is 27.8 Å². The average molecular weight is 249 g/mol. The minimum Gasteiger partial charge on any atom is -0.355 e. The van der Waals surface area contributed by atoms with E-state index in [0.29, 0.717) is 6.54 Å². The lowest BCUT2D eigenvalue weighted by molar-refractivity contribution is -0.119. The van der Waals surface area contributed by atoms with Crippen LogP contribution in [0.1, 0.15) is 12.5 Å². The van der Waals surface area contributed by atoms with Gasteiger partial charge in [-0.1, -0.05) is 17.4 Å². The summed E-state index contributed by atoms with van der Waals surface area (Å²) in [7, 11) is 0. The van der Waals surface area contributed by atoms with Crippen molar-refractivity contribution < 1.29 is 4.79 Å². The summed E-state index contributed by atoms with van der Waals surface area (Å²) in [4.78, 5) is 15.7. The van der Waals surface area contributed by atoms with E-state index in [4.69, 9.17) is 0 Å². The van der Waals surface area contributed by atoms with Gasteiger partial charge in [-0.15, -0.1) is 0 Å². The first-order valence-corrected chi connectivity index (χ1v) is 6.38. The third-order valence-corrected chi connectivity index (χ3v) is 3.31. The molecule has 0 radical (unpaired) electrons. The molecule has 0 atom stereocenters. The first-order valence-electron chi connectivity index (χ1n) is 5.57. The van der Waals surface area contributed by atoms with Crippen molar-refractivity contribution in [2.24, 2.45) is 0 Å². The molecule has 0 aliphatic rings. The molecule has 1 aromatic heterocycles. The zero-order chi connectivity index (χ0) is 12.3. The smallest absolute Gasteiger partial charge is 0.239 e. The van der Waals surface area contributed by atoms with Gasteiger partial charge in [-0.05, 0) is 31.5 Å². The molecule has 0 unspecified atom stereocenters. The van der Waals surface area contributed by atoms with Crippen molar-refractivity contribution in [1.29, 1.82) is 0 Å². The highest BCUT2D eigenvalue weighted by molar-refractivity contribution is 7.22. The summed E-state index contributed by atoms with van der Waals surface area (Å²) in [6.45, 7) is 4.87. The Hall–Kier alpha value is -1.62. The van der Waals surface area contributed by atoms with Gasteiger partial charge in [0.25, 0.3) is 0 Å². The van der Waals surface area contributed by atoms with Crippen LogP contribution in [-0.4, -0.2) is 24.0 Å². The number of aryl methyl sites for hydroxylation is 1. The Labute approximate surface area is 104 Å². The number of hydrogen-bond donors (Lipinski definition) is 2. The van der Waals surface area contributed by atoms with Gasteiger partial charge in [0, 0.05) is 6.54 Å². The maximum atomic E-state index is 11.3. The number of carbonyl (C=O) groups is 1. The van der Waals surface area contributed by atoms with E-state index in [1.807, 2.05) is 19.9 Å². The molecule has 0 bridgehead atoms. The summed E-state index contributed by atoms with van der Waals surface area (Å²) in [6, 6.07) is 6.16. The molecule has 1 amide bonds. The molecule has 0 aliphatic carbocycles. The van der Waals surface area contributed by atoms with E-state index < -0.39 is 0 Å². The molecule has 0 aliphatic heterocycles. The van der Waals surface area contributed by atoms with Gasteiger partial charge in [-0.3, -0.25) is 4.79 Å². The lowest BCUT2D eigenvalue weighted by Crippen LogP contribution is -2.29. The van der Waals surface area contributed by atoms with Crippen molar-refractivity contribution in [2.45, 2.75) is 13.8 Å². The van der Waals surface area contributed by atoms with Crippen molar-refractivity contribution in [3.05, 3.63) is 23.8 Å². The molecule has 5 heteroatoms. The number of aromatic nitrogens is 1. The van der Waals surface area contributed by atoms with Gasteiger partial charge in [-0.25, -0.2) is 4.98 Å². The number of hydrogen-bond acceptors (Lipinski definition) is 4. The number of anilines is 1. The molecule has 17 heavy (non-hydrogen) atoms. The maximum absolute atomic E-state index is 11.3. The Morgan fingerprint density at radius 3 is 3.06 bits per heavy atom. The van der Waals surface area contributed by atoms with Crippen LogP contribution in [0, 0.1) is 6.92 Å². The van der Waals surface area contributed by atoms with Crippen LogP contribution in [0.3, 0.4) is 0 Å². The fourth-order valence-electron chi connectivity index (χ4n) is 1.53. The lowest BCUT2D eigenvalue weighted by Gasteiger charge is -2.01. The fourth-order valence-corrected chi connectivity index (χ4v) is 2.37. The highest BCUT2D eigenvalue weighted by atomic mass is 32.1. The van der Waals surface area contributed by atoms with E-state index in [1.54, 1.807) is 11.3 Å². The van der Waals surface area contributed by atoms with Crippen LogP contribution in [0.4, 0.5) is 5.13 Å². The van der Waals surface area contributed by atoms with Gasteiger partial charge >= 0.3 is 0 Å². The molecule has 2 N–H and O–H groups in total. The zero-order valence-corrected chi connectivity index (χ0v) is 10.7. The highest BCUT2D eigenvalue weighted by Gasteiger charge is 2.05. The van der Waals surface area contributed by atoms with Gasteiger partial charge < -0.3 is 10.6 Å². The second kappa shape index (κ2) is 5.14. The summed E-state index contributed by atoms with van der Waals surface area (Å²) in [6.07, 6.45) is 0. The summed E-state index contributed by atoms with van der Waals surface area (Å²) in [5.41, 5.74) is 2.17. The summed E-state index contributed by atoms with van der Waals surface area (Å²) >= 11 is 1.56. The topological polar surface area (TPSA) is 54.0 Å². The number of carbonyl (C=O) groups excluding carboxylic acids is 1. The average Bonchev–Trinajstić information content (AvgIpc) is 2.68. The monoisotopic (exact) mass is 249 g/mol. The van der Waals surface area contributed by atoms with Crippen LogP contribution in [-0.2, 0) is 4.79 Å². The maximum Gasteiger partial charge on any atom is 0.239 e. The van der Waals surface area contributed by atoms with Crippen LogP contribution in [0.25, 0.3) is 10.2 Å². The van der Waals surface area contributed by atoms with Crippen molar-refractivity contribution in [1.82, 2.24) is 10.3 Å². The highest BCUT2D eigenvalue weighted by Crippen LogP contribution is 2.26. The Bertz CT molecular complexity index is 536. The van der Waals surface area contributed by atoms with E-state index in [9.17, 15) is 4.79 Å². The fraction of sp³-hybridized carbons (Fsp3) is 0.333. The number of nitrogens with zero attached hydrogens (tertiary/aromatic N) is 1. The zero-order valence-electron chi connectivity index (χ0n) is 9.91. The summed E-state index contributed by atoms with van der Waals surface area (Å²) in [5.74, 6) is -0.0112. The predicted molar refractivity (Wildman–Crippen MR) is 71.5 cm³/mol. The Balaban J connectivity index is 2.07. The molecule has 90 valence electrons. The van der Waals surface area contributed by atoms with E-state index in [-0.39, 0.29) is 12.5 Å². The molecule has 1 heterocycles. The van der Waals surface area contributed by atoms with Crippen LogP contribution in [0.5, 0.6) is 0 Å². The van der Waals surface area contributed by atoms with Crippen LogP contribution in [0.15, 0.2) is 18.2 Å². The predicted octanol–water partition coefficient (Wildman–Crippen LogP) is 2.15. The van der Waals surface area contributed by atoms with Crippen molar-refractivity contribution in [3.8, 4) is 0 Å². The van der Waals surface area contributed by atoms with E-state index in [1.165, 1.54) is 5.56 Å². The molecule has 0 spiro atoms. The van der Waals surface area contributed by atoms with Gasteiger partial charge in [0.15, 0.2) is 5.13 Å². The normalized spacial score (nSPS) is 10.5. The molecule has 4 nitrogen and oxygen atoms in total.